The van der Waals surface area contributed by atoms with E-state index in [1.54, 1.807) is 0 Å². The summed E-state index contributed by atoms with van der Waals surface area (Å²) in [5.74, 6) is -0.452. The second-order valence-electron chi connectivity index (χ2n) is 2.01. The van der Waals surface area contributed by atoms with E-state index in [0.29, 0.717) is 14.5 Å². The molecular weight excluding hydrogens is 282 g/mol. The zero-order valence-electron chi connectivity index (χ0n) is 5.37. The van der Waals surface area contributed by atoms with Crippen molar-refractivity contribution in [1.82, 2.24) is 0 Å². The smallest absolute Gasteiger partial charge is 0.138 e. The van der Waals surface area contributed by atoms with Crippen LogP contribution in [0, 0.1) is 5.82 Å². The van der Waals surface area contributed by atoms with Gasteiger partial charge in [-0.3, -0.25) is 0 Å². The van der Waals surface area contributed by atoms with Crippen molar-refractivity contribution in [2.24, 2.45) is 0 Å². The summed E-state index contributed by atoms with van der Waals surface area (Å²) in [6.45, 7) is -0.650. The van der Waals surface area contributed by atoms with Gasteiger partial charge in [-0.2, -0.15) is 0 Å². The second kappa shape index (κ2) is 3.63. The van der Waals surface area contributed by atoms with E-state index in [4.69, 9.17) is 0 Å². The van der Waals surface area contributed by atoms with Crippen molar-refractivity contribution in [2.75, 3.05) is 0 Å². The van der Waals surface area contributed by atoms with Gasteiger partial charge >= 0.3 is 0 Å². The van der Waals surface area contributed by atoms with Crippen LogP contribution in [0.3, 0.4) is 0 Å². The summed E-state index contributed by atoms with van der Waals surface area (Å²) >= 11 is 6.08. The van der Waals surface area contributed by atoms with Gasteiger partial charge in [0.15, 0.2) is 0 Å². The molecule has 0 fully saturated rings. The molecule has 0 saturated heterocycles. The molecule has 0 atom stereocenters. The van der Waals surface area contributed by atoms with Gasteiger partial charge in [-0.15, -0.1) is 0 Å². The highest BCUT2D eigenvalue weighted by Gasteiger charge is 2.05. The fourth-order valence-corrected chi connectivity index (χ4v) is 1.40. The number of alkyl halides is 1. The number of halogens is 4. The molecule has 0 amide bonds. The predicted octanol–water partition coefficient (Wildman–Crippen LogP) is 3.82. The molecule has 1 aromatic rings. The summed E-state index contributed by atoms with van der Waals surface area (Å²) in [7, 11) is 0. The number of benzene rings is 1. The van der Waals surface area contributed by atoms with Crippen molar-refractivity contribution in [3.05, 3.63) is 32.5 Å². The Morgan fingerprint density at radius 3 is 2.36 bits per heavy atom. The summed E-state index contributed by atoms with van der Waals surface area (Å²) in [6, 6.07) is 2.70. The summed E-state index contributed by atoms with van der Waals surface area (Å²) in [5, 5.41) is 0. The molecule has 0 aliphatic rings. The van der Waals surface area contributed by atoms with Crippen LogP contribution in [0.25, 0.3) is 0 Å². The fraction of sp³-hybridized carbons (Fsp3) is 0.143. The minimum absolute atomic E-state index is 0.328. The highest BCUT2D eigenvalue weighted by Crippen LogP contribution is 2.27. The Morgan fingerprint density at radius 2 is 1.91 bits per heavy atom. The number of rotatable bonds is 1. The van der Waals surface area contributed by atoms with E-state index < -0.39 is 12.5 Å². The minimum atomic E-state index is -0.650. The second-order valence-corrected chi connectivity index (χ2v) is 3.65. The average Bonchev–Trinajstić information content (AvgIpc) is 1.99. The molecule has 0 N–H and O–H groups in total. The summed E-state index contributed by atoms with van der Waals surface area (Å²) in [6.07, 6.45) is 0. The van der Waals surface area contributed by atoms with Crippen LogP contribution in [0.15, 0.2) is 21.1 Å². The van der Waals surface area contributed by atoms with Crippen LogP contribution in [-0.2, 0) is 6.67 Å². The van der Waals surface area contributed by atoms with Crippen molar-refractivity contribution < 1.29 is 8.78 Å². The maximum atomic E-state index is 12.8. The molecule has 0 saturated carbocycles. The van der Waals surface area contributed by atoms with E-state index in [-0.39, 0.29) is 0 Å². The zero-order valence-corrected chi connectivity index (χ0v) is 8.55. The molecule has 4 heteroatoms. The first-order valence-corrected chi connectivity index (χ1v) is 4.43. The van der Waals surface area contributed by atoms with E-state index in [1.807, 2.05) is 0 Å². The Kier molecular flexibility index (Phi) is 3.01. The first-order chi connectivity index (χ1) is 5.15. The van der Waals surface area contributed by atoms with Gasteiger partial charge in [0.1, 0.15) is 12.5 Å². The Morgan fingerprint density at radius 1 is 1.27 bits per heavy atom. The summed E-state index contributed by atoms with van der Waals surface area (Å²) in [4.78, 5) is 0. The van der Waals surface area contributed by atoms with Crippen LogP contribution in [-0.4, -0.2) is 0 Å². The van der Waals surface area contributed by atoms with Gasteiger partial charge in [0.25, 0.3) is 0 Å². The number of hydrogen-bond acceptors (Lipinski definition) is 0. The lowest BCUT2D eigenvalue weighted by atomic mass is 10.2. The molecular formula is C7H4Br2F2. The first-order valence-electron chi connectivity index (χ1n) is 2.84. The van der Waals surface area contributed by atoms with E-state index >= 15 is 0 Å². The molecule has 60 valence electrons. The normalized spacial score (nSPS) is 10.2. The van der Waals surface area contributed by atoms with E-state index in [2.05, 4.69) is 31.9 Å². The Bertz CT molecular complexity index is 250. The zero-order chi connectivity index (χ0) is 8.43. The third-order valence-corrected chi connectivity index (χ3v) is 3.16. The Hall–Kier alpha value is 0.0400. The van der Waals surface area contributed by atoms with E-state index in [1.165, 1.54) is 6.07 Å². The number of hydrogen-bond donors (Lipinski definition) is 0. The standard InChI is InChI=1S/C7H4Br2F2/c8-5-1-4(3-10)2-6(11)7(5)9/h1-2H,3H2. The van der Waals surface area contributed by atoms with E-state index in [0.717, 1.165) is 6.07 Å². The van der Waals surface area contributed by atoms with Crippen molar-refractivity contribution >= 4 is 31.9 Å². The first kappa shape index (κ1) is 9.13. The van der Waals surface area contributed by atoms with Gasteiger partial charge < -0.3 is 0 Å². The van der Waals surface area contributed by atoms with Gasteiger partial charge in [0.2, 0.25) is 0 Å². The topological polar surface area (TPSA) is 0 Å². The lowest BCUT2D eigenvalue weighted by molar-refractivity contribution is 0.482. The molecule has 0 heterocycles. The summed E-state index contributed by atoms with van der Waals surface area (Å²) < 4.78 is 25.7. The van der Waals surface area contributed by atoms with Crippen LogP contribution in [0.4, 0.5) is 8.78 Å². The van der Waals surface area contributed by atoms with Crippen molar-refractivity contribution in [1.29, 1.82) is 0 Å². The molecule has 0 aromatic heterocycles. The van der Waals surface area contributed by atoms with Crippen LogP contribution >= 0.6 is 31.9 Å². The van der Waals surface area contributed by atoms with Gasteiger partial charge in [-0.25, -0.2) is 8.78 Å². The van der Waals surface area contributed by atoms with Gasteiger partial charge in [0, 0.05) is 4.47 Å². The van der Waals surface area contributed by atoms with Crippen LogP contribution in [0.5, 0.6) is 0 Å². The van der Waals surface area contributed by atoms with Crippen LogP contribution < -0.4 is 0 Å². The lowest BCUT2D eigenvalue weighted by Crippen LogP contribution is -1.84. The monoisotopic (exact) mass is 284 g/mol. The van der Waals surface area contributed by atoms with Crippen molar-refractivity contribution in [3.8, 4) is 0 Å². The van der Waals surface area contributed by atoms with Gasteiger partial charge in [0.05, 0.1) is 4.47 Å². The van der Waals surface area contributed by atoms with Crippen LogP contribution in [0.2, 0.25) is 0 Å². The van der Waals surface area contributed by atoms with Gasteiger partial charge in [-0.05, 0) is 49.6 Å². The lowest BCUT2D eigenvalue weighted by Gasteiger charge is -2.00. The molecule has 0 unspecified atom stereocenters. The average molecular weight is 286 g/mol. The molecule has 0 bridgehead atoms. The molecule has 1 aromatic carbocycles. The minimum Gasteiger partial charge on any atom is -0.246 e. The predicted molar refractivity (Wildman–Crippen MR) is 46.6 cm³/mol. The molecule has 11 heavy (non-hydrogen) atoms. The molecule has 1 rings (SSSR count). The Balaban J connectivity index is 3.21. The highest BCUT2D eigenvalue weighted by molar-refractivity contribution is 9.13. The van der Waals surface area contributed by atoms with Crippen LogP contribution in [0.1, 0.15) is 5.56 Å². The Labute approximate surface area is 79.9 Å². The molecule has 0 aliphatic carbocycles. The van der Waals surface area contributed by atoms with E-state index in [9.17, 15) is 8.78 Å². The maximum absolute atomic E-state index is 12.8. The largest absolute Gasteiger partial charge is 0.246 e. The molecule has 0 spiro atoms. The highest BCUT2D eigenvalue weighted by atomic mass is 79.9. The third kappa shape index (κ3) is 1.99. The maximum Gasteiger partial charge on any atom is 0.138 e. The fourth-order valence-electron chi connectivity index (χ4n) is 0.685. The quantitative estimate of drug-likeness (QED) is 0.688. The molecule has 0 radical (unpaired) electrons. The van der Waals surface area contributed by atoms with Crippen molar-refractivity contribution in [2.45, 2.75) is 6.67 Å². The third-order valence-electron chi connectivity index (χ3n) is 1.20. The molecule has 0 nitrogen and oxygen atoms in total. The SMILES string of the molecule is FCc1cc(F)c(Br)c(Br)c1. The summed E-state index contributed by atoms with van der Waals surface area (Å²) in [5.41, 5.74) is 0.331. The van der Waals surface area contributed by atoms with Crippen molar-refractivity contribution in [3.63, 3.8) is 0 Å². The molecule has 0 aliphatic heterocycles. The van der Waals surface area contributed by atoms with Gasteiger partial charge in [-0.1, -0.05) is 0 Å².